The topological polar surface area (TPSA) is 125 Å². The van der Waals surface area contributed by atoms with Gasteiger partial charge in [-0.25, -0.2) is 0 Å². The second-order valence-electron chi connectivity index (χ2n) is 11.2. The molecule has 1 aliphatic heterocycles. The summed E-state index contributed by atoms with van der Waals surface area (Å²) < 4.78 is 0. The quantitative estimate of drug-likeness (QED) is 0.207. The van der Waals surface area contributed by atoms with E-state index >= 15 is 0 Å². The third-order valence-electron chi connectivity index (χ3n) is 7.50. The van der Waals surface area contributed by atoms with Crippen LogP contribution < -0.4 is 16.0 Å². The zero-order chi connectivity index (χ0) is 27.9. The van der Waals surface area contributed by atoms with E-state index in [2.05, 4.69) is 29.8 Å². The molecule has 0 aromatic heterocycles. The fraction of sp³-hybridized carbons (Fsp3) is 0.621. The number of nitrogens with one attached hydrogen (secondary N) is 3. The number of benzene rings is 1. The second kappa shape index (κ2) is 13.0. The van der Waals surface area contributed by atoms with Crippen molar-refractivity contribution in [2.75, 3.05) is 18.4 Å². The number of rotatable bonds is 13. The summed E-state index contributed by atoms with van der Waals surface area (Å²) in [5.41, 5.74) is 0.716. The summed E-state index contributed by atoms with van der Waals surface area (Å²) in [6.07, 6.45) is 5.04. The molecule has 1 unspecified atom stereocenters. The zero-order valence-electron chi connectivity index (χ0n) is 23.1. The molecule has 1 aromatic carbocycles. The van der Waals surface area contributed by atoms with Crippen LogP contribution in [-0.4, -0.2) is 53.6 Å². The van der Waals surface area contributed by atoms with Crippen LogP contribution in [0.2, 0.25) is 0 Å². The van der Waals surface area contributed by atoms with Crippen molar-refractivity contribution in [1.29, 1.82) is 0 Å². The van der Waals surface area contributed by atoms with E-state index in [-0.39, 0.29) is 36.0 Å². The first kappa shape index (κ1) is 29.3. The molecule has 2 aliphatic rings. The standard InChI is InChI=1S/C29H42N4O5/c1-19(2)17-22-9-11-23(12-10-22)32-25(35)21(4)31-28(38)29(13-8-14-29)27(37)30-15-6-5-7-16-33-24(34)18-20(3)26(33)36/h9-12,19-21H,5-8,13-18H2,1-4H3,(H,30,37)(H,31,38)(H,32,35)/t20?,21-/m0/s1. The summed E-state index contributed by atoms with van der Waals surface area (Å²) in [6.45, 7) is 8.50. The van der Waals surface area contributed by atoms with Gasteiger partial charge in [-0.05, 0) is 69.1 Å². The van der Waals surface area contributed by atoms with Gasteiger partial charge in [0.2, 0.25) is 29.5 Å². The minimum Gasteiger partial charge on any atom is -0.355 e. The van der Waals surface area contributed by atoms with E-state index in [1.807, 2.05) is 24.3 Å². The van der Waals surface area contributed by atoms with Crippen LogP contribution in [0.15, 0.2) is 24.3 Å². The van der Waals surface area contributed by atoms with Crippen molar-refractivity contribution >= 4 is 35.2 Å². The summed E-state index contributed by atoms with van der Waals surface area (Å²) in [5.74, 6) is -0.982. The van der Waals surface area contributed by atoms with Crippen LogP contribution in [0, 0.1) is 17.3 Å². The Kier molecular flexibility index (Phi) is 10.1. The first-order chi connectivity index (χ1) is 18.0. The molecule has 9 nitrogen and oxygen atoms in total. The van der Waals surface area contributed by atoms with Crippen molar-refractivity contribution in [3.05, 3.63) is 29.8 Å². The summed E-state index contributed by atoms with van der Waals surface area (Å²) in [5, 5.41) is 8.43. The Hall–Kier alpha value is -3.23. The molecule has 38 heavy (non-hydrogen) atoms. The molecular weight excluding hydrogens is 484 g/mol. The Bertz CT molecular complexity index is 1030. The average molecular weight is 527 g/mol. The maximum absolute atomic E-state index is 13.1. The predicted octanol–water partition coefficient (Wildman–Crippen LogP) is 3.18. The van der Waals surface area contributed by atoms with Crippen molar-refractivity contribution in [2.45, 2.75) is 85.1 Å². The Labute approximate surface area is 225 Å². The first-order valence-electron chi connectivity index (χ1n) is 13.9. The largest absolute Gasteiger partial charge is 0.355 e. The molecule has 3 rings (SSSR count). The monoisotopic (exact) mass is 526 g/mol. The lowest BCUT2D eigenvalue weighted by atomic mass is 9.67. The maximum Gasteiger partial charge on any atom is 0.246 e. The smallest absolute Gasteiger partial charge is 0.246 e. The lowest BCUT2D eigenvalue weighted by molar-refractivity contribution is -0.150. The molecule has 0 radical (unpaired) electrons. The molecule has 1 aliphatic carbocycles. The van der Waals surface area contributed by atoms with Crippen LogP contribution in [0.1, 0.15) is 78.2 Å². The highest BCUT2D eigenvalue weighted by Gasteiger charge is 2.51. The number of hydrogen-bond donors (Lipinski definition) is 3. The third kappa shape index (κ3) is 7.20. The SMILES string of the molecule is CC(C)Cc1ccc(NC(=O)[C@H](C)NC(=O)C2(C(=O)NCCCCCN3C(=O)CC(C)C3=O)CCC2)cc1. The van der Waals surface area contributed by atoms with Gasteiger partial charge in [-0.1, -0.05) is 39.3 Å². The highest BCUT2D eigenvalue weighted by Crippen LogP contribution is 2.41. The van der Waals surface area contributed by atoms with Gasteiger partial charge in [0, 0.05) is 31.1 Å². The Balaban J connectivity index is 1.40. The predicted molar refractivity (Wildman–Crippen MR) is 145 cm³/mol. The number of carbonyl (C=O) groups is 5. The van der Waals surface area contributed by atoms with Gasteiger partial charge >= 0.3 is 0 Å². The number of imide groups is 1. The Morgan fingerprint density at radius 1 is 1.00 bits per heavy atom. The number of unbranched alkanes of at least 4 members (excludes halogenated alkanes) is 2. The molecule has 1 heterocycles. The lowest BCUT2D eigenvalue weighted by Gasteiger charge is -2.39. The molecule has 1 saturated heterocycles. The highest BCUT2D eigenvalue weighted by molar-refractivity contribution is 6.07. The number of hydrogen-bond acceptors (Lipinski definition) is 5. The van der Waals surface area contributed by atoms with E-state index in [1.165, 1.54) is 10.5 Å². The number of likely N-dealkylation sites (tertiary alicyclic amines) is 1. The van der Waals surface area contributed by atoms with Crippen molar-refractivity contribution < 1.29 is 24.0 Å². The third-order valence-corrected chi connectivity index (χ3v) is 7.50. The molecular formula is C29H42N4O5. The van der Waals surface area contributed by atoms with Crippen molar-refractivity contribution in [3.8, 4) is 0 Å². The highest BCUT2D eigenvalue weighted by atomic mass is 16.2. The van der Waals surface area contributed by atoms with E-state index in [9.17, 15) is 24.0 Å². The van der Waals surface area contributed by atoms with Crippen LogP contribution in [0.25, 0.3) is 0 Å². The fourth-order valence-corrected chi connectivity index (χ4v) is 4.96. The summed E-state index contributed by atoms with van der Waals surface area (Å²) in [6, 6.07) is 6.89. The summed E-state index contributed by atoms with van der Waals surface area (Å²) >= 11 is 0. The van der Waals surface area contributed by atoms with Crippen molar-refractivity contribution in [2.24, 2.45) is 17.3 Å². The average Bonchev–Trinajstić information content (AvgIpc) is 3.07. The van der Waals surface area contributed by atoms with Crippen LogP contribution in [-0.2, 0) is 30.4 Å². The van der Waals surface area contributed by atoms with E-state index in [4.69, 9.17) is 0 Å². The van der Waals surface area contributed by atoms with Crippen molar-refractivity contribution in [1.82, 2.24) is 15.5 Å². The van der Waals surface area contributed by atoms with Gasteiger partial charge in [0.15, 0.2) is 0 Å². The molecule has 9 heteroatoms. The summed E-state index contributed by atoms with van der Waals surface area (Å²) in [7, 11) is 0. The fourth-order valence-electron chi connectivity index (χ4n) is 4.96. The van der Waals surface area contributed by atoms with Gasteiger partial charge in [0.1, 0.15) is 11.5 Å². The number of anilines is 1. The molecule has 0 bridgehead atoms. The van der Waals surface area contributed by atoms with Gasteiger partial charge in [-0.15, -0.1) is 0 Å². The zero-order valence-corrected chi connectivity index (χ0v) is 23.1. The van der Waals surface area contributed by atoms with E-state index in [0.717, 1.165) is 19.3 Å². The van der Waals surface area contributed by atoms with Crippen LogP contribution in [0.3, 0.4) is 0 Å². The van der Waals surface area contributed by atoms with Crippen LogP contribution in [0.5, 0.6) is 0 Å². The minimum atomic E-state index is -1.14. The van der Waals surface area contributed by atoms with Gasteiger partial charge in [-0.2, -0.15) is 0 Å². The van der Waals surface area contributed by atoms with E-state index in [1.54, 1.807) is 13.8 Å². The Morgan fingerprint density at radius 2 is 1.68 bits per heavy atom. The van der Waals surface area contributed by atoms with Gasteiger partial charge in [0.05, 0.1) is 0 Å². The number of nitrogens with zero attached hydrogens (tertiary/aromatic N) is 1. The van der Waals surface area contributed by atoms with Gasteiger partial charge < -0.3 is 16.0 Å². The Morgan fingerprint density at radius 3 is 2.24 bits per heavy atom. The molecule has 1 aromatic rings. The van der Waals surface area contributed by atoms with Gasteiger partial charge in [-0.3, -0.25) is 28.9 Å². The molecule has 5 amide bonds. The molecule has 0 spiro atoms. The molecule has 3 N–H and O–H groups in total. The summed E-state index contributed by atoms with van der Waals surface area (Å²) in [4.78, 5) is 63.8. The maximum atomic E-state index is 13.1. The molecule has 1 saturated carbocycles. The molecule has 208 valence electrons. The number of carbonyl (C=O) groups excluding carboxylic acids is 5. The van der Waals surface area contributed by atoms with Crippen LogP contribution >= 0.6 is 0 Å². The van der Waals surface area contributed by atoms with Crippen molar-refractivity contribution in [3.63, 3.8) is 0 Å². The molecule has 2 atom stereocenters. The van der Waals surface area contributed by atoms with Crippen LogP contribution in [0.4, 0.5) is 5.69 Å². The number of amides is 5. The second-order valence-corrected chi connectivity index (χ2v) is 11.2. The van der Waals surface area contributed by atoms with Gasteiger partial charge in [0.25, 0.3) is 0 Å². The molecule has 2 fully saturated rings. The lowest BCUT2D eigenvalue weighted by Crippen LogP contribution is -2.58. The minimum absolute atomic E-state index is 0.108. The van der Waals surface area contributed by atoms with E-state index < -0.39 is 17.4 Å². The van der Waals surface area contributed by atoms with E-state index in [0.29, 0.717) is 50.4 Å². The normalized spacial score (nSPS) is 19.2. The first-order valence-corrected chi connectivity index (χ1v) is 13.9.